The van der Waals surface area contributed by atoms with Gasteiger partial charge in [0.05, 0.1) is 5.69 Å². The fourth-order valence-corrected chi connectivity index (χ4v) is 3.83. The Morgan fingerprint density at radius 3 is 2.80 bits per heavy atom. The molecule has 0 saturated heterocycles. The summed E-state index contributed by atoms with van der Waals surface area (Å²) in [5.74, 6) is -0.478. The van der Waals surface area contributed by atoms with Gasteiger partial charge in [0.1, 0.15) is 5.82 Å². The molecule has 154 valence electrons. The molecule has 1 atom stereocenters. The van der Waals surface area contributed by atoms with Crippen LogP contribution in [0.4, 0.5) is 10.1 Å². The number of ether oxygens (including phenoxy) is 1. The van der Waals surface area contributed by atoms with Crippen LogP contribution in [0.3, 0.4) is 0 Å². The highest BCUT2D eigenvalue weighted by Crippen LogP contribution is 2.44. The van der Waals surface area contributed by atoms with Crippen LogP contribution in [-0.4, -0.2) is 27.3 Å². The lowest BCUT2D eigenvalue weighted by atomic mass is 10.1. The zero-order valence-corrected chi connectivity index (χ0v) is 17.9. The van der Waals surface area contributed by atoms with Gasteiger partial charge < -0.3 is 4.74 Å². The van der Waals surface area contributed by atoms with Crippen LogP contribution in [0.1, 0.15) is 31.6 Å². The molecule has 2 heterocycles. The first-order valence-corrected chi connectivity index (χ1v) is 11.0. The number of anilines is 1. The first kappa shape index (κ1) is 20.6. The molecule has 1 amide bonds. The van der Waals surface area contributed by atoms with Gasteiger partial charge >= 0.3 is 0 Å². The second-order valence-corrected chi connectivity index (χ2v) is 7.80. The van der Waals surface area contributed by atoms with E-state index >= 15 is 0 Å². The maximum absolute atomic E-state index is 14.2. The lowest BCUT2D eigenvalue weighted by Crippen LogP contribution is -2.37. The van der Waals surface area contributed by atoms with E-state index in [1.165, 1.54) is 28.8 Å². The Morgan fingerprint density at radius 2 is 2.07 bits per heavy atom. The number of aromatic nitrogens is 3. The summed E-state index contributed by atoms with van der Waals surface area (Å²) >= 11 is 7.77. The van der Waals surface area contributed by atoms with Gasteiger partial charge in [-0.3, -0.25) is 9.69 Å². The summed E-state index contributed by atoms with van der Waals surface area (Å²) in [7, 11) is 0. The zero-order chi connectivity index (χ0) is 21.3. The molecule has 4 rings (SSSR count). The molecule has 9 heteroatoms. The van der Waals surface area contributed by atoms with Gasteiger partial charge in [-0.25, -0.2) is 4.39 Å². The summed E-state index contributed by atoms with van der Waals surface area (Å²) < 4.78 is 20.4. The number of nitrogens with zero attached hydrogens (tertiary/aromatic N) is 4. The van der Waals surface area contributed by atoms with Crippen LogP contribution < -0.4 is 9.64 Å². The number of rotatable bonds is 4. The Morgan fingerprint density at radius 1 is 1.27 bits per heavy atom. The molecule has 0 unspecified atom stereocenters. The van der Waals surface area contributed by atoms with Crippen molar-refractivity contribution >= 4 is 35.0 Å². The number of thioether (sulfide) groups is 1. The minimum absolute atomic E-state index is 0.165. The molecule has 0 aliphatic carbocycles. The molecule has 1 aromatic heterocycles. The van der Waals surface area contributed by atoms with Gasteiger partial charge in [0.15, 0.2) is 5.69 Å². The van der Waals surface area contributed by atoms with E-state index in [4.69, 9.17) is 16.3 Å². The summed E-state index contributed by atoms with van der Waals surface area (Å²) in [4.78, 5) is 19.1. The van der Waals surface area contributed by atoms with Crippen molar-refractivity contribution in [2.24, 2.45) is 0 Å². The molecule has 1 aliphatic rings. The average Bonchev–Trinajstić information content (AvgIpc) is 2.88. The number of amides is 1. The van der Waals surface area contributed by atoms with Crippen molar-refractivity contribution in [3.63, 3.8) is 0 Å². The highest BCUT2D eigenvalue weighted by molar-refractivity contribution is 7.98. The fourth-order valence-electron chi connectivity index (χ4n) is 3.31. The molecular weight excluding hydrogens is 427 g/mol. The van der Waals surface area contributed by atoms with E-state index in [0.717, 1.165) is 0 Å². The number of benzene rings is 2. The monoisotopic (exact) mass is 444 g/mol. The van der Waals surface area contributed by atoms with E-state index in [0.29, 0.717) is 33.4 Å². The van der Waals surface area contributed by atoms with Crippen molar-refractivity contribution in [3.8, 4) is 17.1 Å². The fraction of sp³-hybridized carbons (Fsp3) is 0.238. The Labute approximate surface area is 182 Å². The first-order valence-electron chi connectivity index (χ1n) is 9.35. The number of hydrogen-bond acceptors (Lipinski definition) is 6. The van der Waals surface area contributed by atoms with E-state index in [2.05, 4.69) is 15.2 Å². The largest absolute Gasteiger partial charge is 0.447 e. The Balaban J connectivity index is 2.00. The standard InChI is InChI=1S/C21H18ClFN4O2S/c1-3-6-17(28)27-16-10-9-12(23)11-14(16)18-19(24-21(30-2)26-25-18)29-20(27)13-7-4-5-8-15(13)22/h4-5,7-11,20H,3,6H2,1-2H3/t20-/m0/s1. The van der Waals surface area contributed by atoms with Crippen molar-refractivity contribution in [3.05, 3.63) is 58.9 Å². The van der Waals surface area contributed by atoms with Gasteiger partial charge in [0, 0.05) is 22.6 Å². The van der Waals surface area contributed by atoms with Gasteiger partial charge in [-0.2, -0.15) is 4.98 Å². The van der Waals surface area contributed by atoms with Crippen LogP contribution in [0.15, 0.2) is 47.6 Å². The van der Waals surface area contributed by atoms with Crippen molar-refractivity contribution < 1.29 is 13.9 Å². The third kappa shape index (κ3) is 3.73. The topological polar surface area (TPSA) is 68.2 Å². The normalized spacial score (nSPS) is 15.1. The van der Waals surface area contributed by atoms with Gasteiger partial charge in [-0.05, 0) is 36.9 Å². The van der Waals surface area contributed by atoms with Crippen LogP contribution in [0, 0.1) is 5.82 Å². The van der Waals surface area contributed by atoms with Gasteiger partial charge in [0.2, 0.25) is 23.2 Å². The smallest absolute Gasteiger partial charge is 0.247 e. The number of hydrogen-bond donors (Lipinski definition) is 0. The molecule has 0 radical (unpaired) electrons. The molecule has 0 saturated carbocycles. The summed E-state index contributed by atoms with van der Waals surface area (Å²) in [6.07, 6.45) is 1.85. The van der Waals surface area contributed by atoms with E-state index in [-0.39, 0.29) is 23.9 Å². The summed E-state index contributed by atoms with van der Waals surface area (Å²) in [5, 5.41) is 9.14. The maximum atomic E-state index is 14.2. The maximum Gasteiger partial charge on any atom is 0.247 e. The number of carbonyl (C=O) groups is 1. The quantitative estimate of drug-likeness (QED) is 0.510. The highest BCUT2D eigenvalue weighted by Gasteiger charge is 2.36. The SMILES string of the molecule is CCCC(=O)N1c2ccc(F)cc2-c2nnc(SC)nc2O[C@H]1c1ccccc1Cl. The number of halogens is 2. The lowest BCUT2D eigenvalue weighted by molar-refractivity contribution is -0.120. The molecule has 3 aromatic rings. The number of carbonyl (C=O) groups excluding carboxylic acids is 1. The van der Waals surface area contributed by atoms with Crippen molar-refractivity contribution in [2.75, 3.05) is 11.2 Å². The second-order valence-electron chi connectivity index (χ2n) is 6.62. The van der Waals surface area contributed by atoms with E-state index < -0.39 is 12.0 Å². The van der Waals surface area contributed by atoms with Crippen molar-refractivity contribution in [2.45, 2.75) is 31.1 Å². The van der Waals surface area contributed by atoms with Gasteiger partial charge in [0.25, 0.3) is 0 Å². The summed E-state index contributed by atoms with van der Waals surface area (Å²) in [5.41, 5.74) is 1.71. The minimum atomic E-state index is -0.894. The zero-order valence-electron chi connectivity index (χ0n) is 16.3. The predicted octanol–water partition coefficient (Wildman–Crippen LogP) is 5.28. The summed E-state index contributed by atoms with van der Waals surface area (Å²) in [6.45, 7) is 1.92. The van der Waals surface area contributed by atoms with E-state index in [1.54, 1.807) is 24.3 Å². The summed E-state index contributed by atoms with van der Waals surface area (Å²) in [6, 6.07) is 11.3. The number of fused-ring (bicyclic) bond motifs is 3. The molecule has 2 aromatic carbocycles. The van der Waals surface area contributed by atoms with Crippen molar-refractivity contribution in [1.82, 2.24) is 15.2 Å². The Kier molecular flexibility index (Phi) is 5.87. The first-order chi connectivity index (χ1) is 14.5. The molecule has 30 heavy (non-hydrogen) atoms. The van der Waals surface area contributed by atoms with Crippen LogP contribution in [0.5, 0.6) is 5.88 Å². The van der Waals surface area contributed by atoms with Gasteiger partial charge in [-0.1, -0.05) is 48.5 Å². The predicted molar refractivity (Wildman–Crippen MR) is 114 cm³/mol. The third-order valence-corrected chi connectivity index (χ3v) is 5.54. The molecule has 0 bridgehead atoms. The van der Waals surface area contributed by atoms with Crippen LogP contribution in [-0.2, 0) is 4.79 Å². The van der Waals surface area contributed by atoms with Crippen LogP contribution >= 0.6 is 23.4 Å². The van der Waals surface area contributed by atoms with Crippen LogP contribution in [0.25, 0.3) is 11.3 Å². The molecular formula is C21H18ClFN4O2S. The van der Waals surface area contributed by atoms with E-state index in [9.17, 15) is 9.18 Å². The molecule has 0 N–H and O–H groups in total. The Bertz CT molecular complexity index is 1110. The van der Waals surface area contributed by atoms with Gasteiger partial charge in [-0.15, -0.1) is 10.2 Å². The molecule has 0 fully saturated rings. The van der Waals surface area contributed by atoms with Crippen LogP contribution in [0.2, 0.25) is 5.02 Å². The second kappa shape index (κ2) is 8.57. The van der Waals surface area contributed by atoms with Crippen molar-refractivity contribution in [1.29, 1.82) is 0 Å². The minimum Gasteiger partial charge on any atom is -0.447 e. The Hall–Kier alpha value is -2.71. The highest BCUT2D eigenvalue weighted by atomic mass is 35.5. The molecule has 6 nitrogen and oxygen atoms in total. The average molecular weight is 445 g/mol. The molecule has 0 spiro atoms. The van der Waals surface area contributed by atoms with E-state index in [1.807, 2.05) is 19.2 Å². The molecule has 1 aliphatic heterocycles. The third-order valence-electron chi connectivity index (χ3n) is 4.65. The lowest BCUT2D eigenvalue weighted by Gasteiger charge is -2.31.